The Balaban J connectivity index is 1.88. The zero-order valence-electron chi connectivity index (χ0n) is 10.6. The third-order valence-electron chi connectivity index (χ3n) is 2.88. The van der Waals surface area contributed by atoms with Gasteiger partial charge in [-0.3, -0.25) is 4.79 Å². The van der Waals surface area contributed by atoms with Crippen LogP contribution in [-0.4, -0.2) is 17.6 Å². The van der Waals surface area contributed by atoms with Crippen molar-refractivity contribution < 1.29 is 9.32 Å². The quantitative estimate of drug-likeness (QED) is 0.897. The summed E-state index contributed by atoms with van der Waals surface area (Å²) in [5.74, 6) is 0.767. The molecule has 0 saturated carbocycles. The highest BCUT2D eigenvalue weighted by Gasteiger charge is 2.09. The minimum atomic E-state index is -0.0534. The van der Waals surface area contributed by atoms with Gasteiger partial charge in [0.2, 0.25) is 0 Å². The number of amides is 1. The van der Waals surface area contributed by atoms with Crippen LogP contribution < -0.4 is 5.32 Å². The number of carbonyl (C=O) groups excluding carboxylic acids is 1. The number of hydrogen-bond acceptors (Lipinski definition) is 3. The average Bonchev–Trinajstić information content (AvgIpc) is 2.71. The molecule has 0 saturated heterocycles. The van der Waals surface area contributed by atoms with E-state index in [0.717, 1.165) is 23.4 Å². The number of benzene rings is 1. The number of nitrogens with one attached hydrogen (secondary N) is 1. The minimum absolute atomic E-state index is 0.0534. The molecule has 1 aromatic heterocycles. The van der Waals surface area contributed by atoms with Gasteiger partial charge in [-0.05, 0) is 32.4 Å². The Hall–Kier alpha value is -2.10. The van der Waals surface area contributed by atoms with E-state index in [9.17, 15) is 4.79 Å². The van der Waals surface area contributed by atoms with Crippen LogP contribution in [0.2, 0.25) is 0 Å². The summed E-state index contributed by atoms with van der Waals surface area (Å²) in [7, 11) is 0. The zero-order valence-corrected chi connectivity index (χ0v) is 10.6. The maximum absolute atomic E-state index is 11.8. The van der Waals surface area contributed by atoms with Gasteiger partial charge in [-0.25, -0.2) is 0 Å². The van der Waals surface area contributed by atoms with E-state index in [-0.39, 0.29) is 5.91 Å². The number of carbonyl (C=O) groups is 1. The van der Waals surface area contributed by atoms with Crippen LogP contribution in [-0.2, 0) is 6.42 Å². The lowest BCUT2D eigenvalue weighted by Crippen LogP contribution is -2.25. The van der Waals surface area contributed by atoms with Crippen molar-refractivity contribution in [1.29, 1.82) is 0 Å². The third kappa shape index (κ3) is 2.77. The van der Waals surface area contributed by atoms with E-state index in [1.165, 1.54) is 0 Å². The highest BCUT2D eigenvalue weighted by atomic mass is 16.5. The topological polar surface area (TPSA) is 55.1 Å². The highest BCUT2D eigenvalue weighted by Crippen LogP contribution is 2.12. The average molecular weight is 244 g/mol. The fourth-order valence-corrected chi connectivity index (χ4v) is 1.85. The Labute approximate surface area is 106 Å². The molecule has 0 spiro atoms. The Morgan fingerprint density at radius 2 is 2.00 bits per heavy atom. The summed E-state index contributed by atoms with van der Waals surface area (Å²) >= 11 is 0. The maximum Gasteiger partial charge on any atom is 0.251 e. The minimum Gasteiger partial charge on any atom is -0.361 e. The number of aromatic nitrogens is 1. The van der Waals surface area contributed by atoms with Crippen molar-refractivity contribution >= 4 is 5.91 Å². The summed E-state index contributed by atoms with van der Waals surface area (Å²) in [6, 6.07) is 9.18. The van der Waals surface area contributed by atoms with Crippen LogP contribution in [0.1, 0.15) is 27.4 Å². The van der Waals surface area contributed by atoms with Crippen LogP contribution in [0.3, 0.4) is 0 Å². The molecule has 4 heteroatoms. The number of hydrogen-bond donors (Lipinski definition) is 1. The lowest BCUT2D eigenvalue weighted by atomic mass is 10.1. The van der Waals surface area contributed by atoms with Gasteiger partial charge in [0.05, 0.1) is 5.69 Å². The predicted molar refractivity (Wildman–Crippen MR) is 68.5 cm³/mol. The van der Waals surface area contributed by atoms with E-state index in [1.54, 1.807) is 12.1 Å². The third-order valence-corrected chi connectivity index (χ3v) is 2.88. The molecule has 1 N–H and O–H groups in total. The number of nitrogens with zero attached hydrogens (tertiary/aromatic N) is 1. The Kier molecular flexibility index (Phi) is 3.77. The molecule has 0 fully saturated rings. The monoisotopic (exact) mass is 244 g/mol. The fourth-order valence-electron chi connectivity index (χ4n) is 1.85. The molecule has 0 aliphatic rings. The van der Waals surface area contributed by atoms with Crippen molar-refractivity contribution in [3.05, 3.63) is 52.9 Å². The molecular weight excluding hydrogens is 228 g/mol. The second-order valence-electron chi connectivity index (χ2n) is 4.17. The van der Waals surface area contributed by atoms with E-state index < -0.39 is 0 Å². The van der Waals surface area contributed by atoms with Gasteiger partial charge in [0, 0.05) is 17.7 Å². The van der Waals surface area contributed by atoms with E-state index >= 15 is 0 Å². The first-order valence-electron chi connectivity index (χ1n) is 5.93. The van der Waals surface area contributed by atoms with Gasteiger partial charge in [-0.1, -0.05) is 23.4 Å². The van der Waals surface area contributed by atoms with Crippen molar-refractivity contribution in [2.45, 2.75) is 20.3 Å². The molecule has 18 heavy (non-hydrogen) atoms. The van der Waals surface area contributed by atoms with Crippen molar-refractivity contribution in [2.75, 3.05) is 6.54 Å². The Morgan fingerprint density at radius 1 is 1.28 bits per heavy atom. The molecule has 0 radical (unpaired) electrons. The first-order valence-corrected chi connectivity index (χ1v) is 5.93. The zero-order chi connectivity index (χ0) is 13.0. The first-order chi connectivity index (χ1) is 8.68. The lowest BCUT2D eigenvalue weighted by Gasteiger charge is -2.04. The molecule has 0 aliphatic carbocycles. The SMILES string of the molecule is Cc1noc(C)c1CCNC(=O)c1ccccc1. The van der Waals surface area contributed by atoms with Crippen LogP contribution in [0.15, 0.2) is 34.9 Å². The summed E-state index contributed by atoms with van der Waals surface area (Å²) in [5.41, 5.74) is 2.64. The fraction of sp³-hybridized carbons (Fsp3) is 0.286. The maximum atomic E-state index is 11.8. The molecule has 1 amide bonds. The Bertz CT molecular complexity index is 512. The molecule has 2 rings (SSSR count). The van der Waals surface area contributed by atoms with Gasteiger partial charge >= 0.3 is 0 Å². The molecule has 1 heterocycles. The smallest absolute Gasteiger partial charge is 0.251 e. The van der Waals surface area contributed by atoms with Crippen LogP contribution in [0.5, 0.6) is 0 Å². The Morgan fingerprint density at radius 3 is 2.61 bits per heavy atom. The number of aryl methyl sites for hydroxylation is 2. The van der Waals surface area contributed by atoms with Gasteiger partial charge in [-0.2, -0.15) is 0 Å². The molecule has 0 bridgehead atoms. The summed E-state index contributed by atoms with van der Waals surface area (Å²) in [4.78, 5) is 11.8. The molecule has 4 nitrogen and oxygen atoms in total. The van der Waals surface area contributed by atoms with Crippen molar-refractivity contribution in [3.63, 3.8) is 0 Å². The number of rotatable bonds is 4. The van der Waals surface area contributed by atoms with E-state index in [4.69, 9.17) is 4.52 Å². The van der Waals surface area contributed by atoms with E-state index in [0.29, 0.717) is 12.1 Å². The largest absolute Gasteiger partial charge is 0.361 e. The van der Waals surface area contributed by atoms with Crippen LogP contribution in [0, 0.1) is 13.8 Å². The van der Waals surface area contributed by atoms with Gasteiger partial charge in [0.25, 0.3) is 5.91 Å². The van der Waals surface area contributed by atoms with Crippen molar-refractivity contribution in [3.8, 4) is 0 Å². The first kappa shape index (κ1) is 12.4. The normalized spacial score (nSPS) is 10.3. The molecule has 94 valence electrons. The summed E-state index contributed by atoms with van der Waals surface area (Å²) in [6.45, 7) is 4.37. The highest BCUT2D eigenvalue weighted by molar-refractivity contribution is 5.94. The molecule has 2 aromatic rings. The van der Waals surface area contributed by atoms with Gasteiger partial charge in [0.1, 0.15) is 5.76 Å². The molecular formula is C14H16N2O2. The van der Waals surface area contributed by atoms with Gasteiger partial charge < -0.3 is 9.84 Å². The summed E-state index contributed by atoms with van der Waals surface area (Å²) in [6.07, 6.45) is 0.736. The van der Waals surface area contributed by atoms with Crippen LogP contribution >= 0.6 is 0 Å². The molecule has 0 atom stereocenters. The molecule has 1 aromatic carbocycles. The van der Waals surface area contributed by atoms with E-state index in [1.807, 2.05) is 32.0 Å². The summed E-state index contributed by atoms with van der Waals surface area (Å²) in [5, 5.41) is 6.77. The van der Waals surface area contributed by atoms with Crippen molar-refractivity contribution in [2.24, 2.45) is 0 Å². The molecule has 0 aliphatic heterocycles. The van der Waals surface area contributed by atoms with Gasteiger partial charge in [-0.15, -0.1) is 0 Å². The second-order valence-corrected chi connectivity index (χ2v) is 4.17. The molecule has 0 unspecified atom stereocenters. The second kappa shape index (κ2) is 5.49. The standard InChI is InChI=1S/C14H16N2O2/c1-10-13(11(2)18-16-10)8-9-15-14(17)12-6-4-3-5-7-12/h3-7H,8-9H2,1-2H3,(H,15,17). The van der Waals surface area contributed by atoms with E-state index in [2.05, 4.69) is 10.5 Å². The van der Waals surface area contributed by atoms with Crippen LogP contribution in [0.25, 0.3) is 0 Å². The lowest BCUT2D eigenvalue weighted by molar-refractivity contribution is 0.0954. The van der Waals surface area contributed by atoms with Crippen molar-refractivity contribution in [1.82, 2.24) is 10.5 Å². The van der Waals surface area contributed by atoms with Gasteiger partial charge in [0.15, 0.2) is 0 Å². The predicted octanol–water partition coefficient (Wildman–Crippen LogP) is 2.26. The van der Waals surface area contributed by atoms with Crippen LogP contribution in [0.4, 0.5) is 0 Å². The summed E-state index contributed by atoms with van der Waals surface area (Å²) < 4.78 is 5.07.